The van der Waals surface area contributed by atoms with Gasteiger partial charge in [0.1, 0.15) is 0 Å². The molecule has 4 nitrogen and oxygen atoms in total. The van der Waals surface area contributed by atoms with Gasteiger partial charge in [-0.15, -0.1) is 0 Å². The van der Waals surface area contributed by atoms with Crippen molar-refractivity contribution >= 4 is 0 Å². The third-order valence-electron chi connectivity index (χ3n) is 3.13. The number of rotatable bonds is 5. The molecule has 112 valence electrons. The Labute approximate surface area is 125 Å². The Hall–Kier alpha value is -2.36. The van der Waals surface area contributed by atoms with Gasteiger partial charge in [0.15, 0.2) is 23.0 Å². The number of aryl methyl sites for hydroxylation is 2. The molecule has 0 aliphatic heterocycles. The molecule has 0 N–H and O–H groups in total. The van der Waals surface area contributed by atoms with Gasteiger partial charge in [-0.25, -0.2) is 0 Å². The minimum atomic E-state index is 0.561. The summed E-state index contributed by atoms with van der Waals surface area (Å²) in [5.41, 5.74) is 2.13. The third-order valence-corrected chi connectivity index (χ3v) is 3.13. The van der Waals surface area contributed by atoms with Crippen molar-refractivity contribution in [3.8, 4) is 28.7 Å². The maximum absolute atomic E-state index is 5.97. The fraction of sp³-hybridized carbons (Fsp3) is 0.294. The van der Waals surface area contributed by atoms with Crippen LogP contribution in [0, 0.1) is 13.8 Å². The van der Waals surface area contributed by atoms with Crippen molar-refractivity contribution in [1.29, 1.82) is 0 Å². The molecule has 0 fully saturated rings. The van der Waals surface area contributed by atoms with Crippen LogP contribution in [0.3, 0.4) is 0 Å². The van der Waals surface area contributed by atoms with E-state index in [0.29, 0.717) is 28.7 Å². The Morgan fingerprint density at radius 2 is 1.24 bits per heavy atom. The monoisotopic (exact) mass is 288 g/mol. The van der Waals surface area contributed by atoms with Crippen LogP contribution in [0.1, 0.15) is 11.1 Å². The predicted octanol–water partition coefficient (Wildman–Crippen LogP) is 4.12. The number of ether oxygens (including phenoxy) is 4. The molecule has 0 aliphatic rings. The van der Waals surface area contributed by atoms with E-state index in [1.54, 1.807) is 21.3 Å². The fourth-order valence-electron chi connectivity index (χ4n) is 2.11. The molecular weight excluding hydrogens is 268 g/mol. The van der Waals surface area contributed by atoms with Gasteiger partial charge in [0.2, 0.25) is 5.75 Å². The smallest absolute Gasteiger partial charge is 0.203 e. The standard InChI is InChI=1S/C17H20O4/c1-11-6-7-13(14(8-11)18-3)21-16-10-12(2)9-15(19-4)17(16)20-5/h6-10H,1-5H3. The normalized spacial score (nSPS) is 10.1. The summed E-state index contributed by atoms with van der Waals surface area (Å²) in [6.07, 6.45) is 0. The predicted molar refractivity (Wildman–Crippen MR) is 82.1 cm³/mol. The number of methoxy groups -OCH3 is 3. The second-order valence-corrected chi connectivity index (χ2v) is 4.75. The second kappa shape index (κ2) is 6.39. The quantitative estimate of drug-likeness (QED) is 0.829. The number of hydrogen-bond donors (Lipinski definition) is 0. The third kappa shape index (κ3) is 3.21. The van der Waals surface area contributed by atoms with E-state index in [1.165, 1.54) is 0 Å². The first-order valence-corrected chi connectivity index (χ1v) is 6.64. The van der Waals surface area contributed by atoms with Crippen LogP contribution in [0.5, 0.6) is 28.7 Å². The van der Waals surface area contributed by atoms with E-state index in [9.17, 15) is 0 Å². The van der Waals surface area contributed by atoms with E-state index < -0.39 is 0 Å². The molecule has 0 bridgehead atoms. The summed E-state index contributed by atoms with van der Waals surface area (Å²) in [5, 5.41) is 0. The van der Waals surface area contributed by atoms with Crippen LogP contribution in [0.25, 0.3) is 0 Å². The van der Waals surface area contributed by atoms with Crippen LogP contribution >= 0.6 is 0 Å². The van der Waals surface area contributed by atoms with Gasteiger partial charge in [-0.2, -0.15) is 0 Å². The summed E-state index contributed by atoms with van der Waals surface area (Å²) in [5.74, 6) is 3.10. The zero-order valence-corrected chi connectivity index (χ0v) is 13.0. The highest BCUT2D eigenvalue weighted by atomic mass is 16.5. The minimum Gasteiger partial charge on any atom is -0.493 e. The van der Waals surface area contributed by atoms with Gasteiger partial charge in [-0.3, -0.25) is 0 Å². The molecule has 0 unspecified atom stereocenters. The Morgan fingerprint density at radius 1 is 0.619 bits per heavy atom. The van der Waals surface area contributed by atoms with E-state index in [0.717, 1.165) is 11.1 Å². The van der Waals surface area contributed by atoms with Crippen molar-refractivity contribution in [2.45, 2.75) is 13.8 Å². The van der Waals surface area contributed by atoms with Crippen LogP contribution in [-0.4, -0.2) is 21.3 Å². The molecule has 2 rings (SSSR count). The van der Waals surface area contributed by atoms with Gasteiger partial charge in [0.05, 0.1) is 21.3 Å². The molecule has 21 heavy (non-hydrogen) atoms. The molecule has 4 heteroatoms. The van der Waals surface area contributed by atoms with E-state index >= 15 is 0 Å². The first-order chi connectivity index (χ1) is 10.1. The zero-order valence-electron chi connectivity index (χ0n) is 13.0. The average molecular weight is 288 g/mol. The molecule has 0 heterocycles. The second-order valence-electron chi connectivity index (χ2n) is 4.75. The molecule has 0 aliphatic carbocycles. The lowest BCUT2D eigenvalue weighted by Crippen LogP contribution is -1.97. The molecule has 0 aromatic heterocycles. The Kier molecular flexibility index (Phi) is 4.58. The molecule has 2 aromatic rings. The van der Waals surface area contributed by atoms with Crippen LogP contribution in [0.4, 0.5) is 0 Å². The summed E-state index contributed by atoms with van der Waals surface area (Å²) in [4.78, 5) is 0. The summed E-state index contributed by atoms with van der Waals surface area (Å²) in [6, 6.07) is 9.58. The van der Waals surface area contributed by atoms with Crippen LogP contribution < -0.4 is 18.9 Å². The van der Waals surface area contributed by atoms with Gasteiger partial charge in [0, 0.05) is 0 Å². The molecule has 2 aromatic carbocycles. The molecule has 0 atom stereocenters. The highest BCUT2D eigenvalue weighted by Gasteiger charge is 2.15. The molecule has 0 saturated heterocycles. The van der Waals surface area contributed by atoms with Gasteiger partial charge in [-0.1, -0.05) is 6.07 Å². The van der Waals surface area contributed by atoms with E-state index in [4.69, 9.17) is 18.9 Å². The van der Waals surface area contributed by atoms with E-state index in [2.05, 4.69) is 0 Å². The maximum atomic E-state index is 5.97. The van der Waals surface area contributed by atoms with Crippen molar-refractivity contribution in [2.24, 2.45) is 0 Å². The van der Waals surface area contributed by atoms with Crippen LogP contribution in [-0.2, 0) is 0 Å². The topological polar surface area (TPSA) is 36.9 Å². The highest BCUT2D eigenvalue weighted by Crippen LogP contribution is 2.42. The van der Waals surface area contributed by atoms with Gasteiger partial charge < -0.3 is 18.9 Å². The zero-order chi connectivity index (χ0) is 15.4. The summed E-state index contributed by atoms with van der Waals surface area (Å²) in [6.45, 7) is 3.98. The first-order valence-electron chi connectivity index (χ1n) is 6.64. The maximum Gasteiger partial charge on any atom is 0.203 e. The summed E-state index contributed by atoms with van der Waals surface area (Å²) >= 11 is 0. The number of hydrogen-bond acceptors (Lipinski definition) is 4. The Balaban J connectivity index is 2.46. The lowest BCUT2D eigenvalue weighted by molar-refractivity contribution is 0.329. The average Bonchev–Trinajstić information content (AvgIpc) is 2.48. The SMILES string of the molecule is COc1cc(C)ccc1Oc1cc(C)cc(OC)c1OC. The Morgan fingerprint density at radius 3 is 1.86 bits per heavy atom. The lowest BCUT2D eigenvalue weighted by atomic mass is 10.2. The summed E-state index contributed by atoms with van der Waals surface area (Å²) in [7, 11) is 4.82. The van der Waals surface area contributed by atoms with Gasteiger partial charge >= 0.3 is 0 Å². The van der Waals surface area contributed by atoms with E-state index in [1.807, 2.05) is 44.2 Å². The molecule has 0 radical (unpaired) electrons. The minimum absolute atomic E-state index is 0.561. The largest absolute Gasteiger partial charge is 0.493 e. The molecular formula is C17H20O4. The lowest BCUT2D eigenvalue weighted by Gasteiger charge is -2.16. The molecule has 0 saturated carbocycles. The molecule has 0 spiro atoms. The van der Waals surface area contributed by atoms with Crippen molar-refractivity contribution in [3.05, 3.63) is 41.5 Å². The van der Waals surface area contributed by atoms with Crippen LogP contribution in [0.2, 0.25) is 0 Å². The van der Waals surface area contributed by atoms with Crippen molar-refractivity contribution in [1.82, 2.24) is 0 Å². The van der Waals surface area contributed by atoms with Crippen molar-refractivity contribution in [3.63, 3.8) is 0 Å². The summed E-state index contributed by atoms with van der Waals surface area (Å²) < 4.78 is 22.1. The first kappa shape index (κ1) is 15.0. The molecule has 0 amide bonds. The van der Waals surface area contributed by atoms with Crippen LogP contribution in [0.15, 0.2) is 30.3 Å². The van der Waals surface area contributed by atoms with Gasteiger partial charge in [0.25, 0.3) is 0 Å². The van der Waals surface area contributed by atoms with E-state index in [-0.39, 0.29) is 0 Å². The number of benzene rings is 2. The Bertz CT molecular complexity index is 635. The fourth-order valence-corrected chi connectivity index (χ4v) is 2.11. The van der Waals surface area contributed by atoms with Gasteiger partial charge in [-0.05, 0) is 49.2 Å². The van der Waals surface area contributed by atoms with Crippen molar-refractivity contribution in [2.75, 3.05) is 21.3 Å². The van der Waals surface area contributed by atoms with Crippen molar-refractivity contribution < 1.29 is 18.9 Å². The highest BCUT2D eigenvalue weighted by molar-refractivity contribution is 5.56.